The molecule has 130 valence electrons. The van der Waals surface area contributed by atoms with Gasteiger partial charge in [-0.05, 0) is 56.5 Å². The summed E-state index contributed by atoms with van der Waals surface area (Å²) in [7, 11) is 1.63. The zero-order valence-corrected chi connectivity index (χ0v) is 14.7. The van der Waals surface area contributed by atoms with Gasteiger partial charge in [-0.1, -0.05) is 12.1 Å². The second-order valence-corrected chi connectivity index (χ2v) is 5.74. The van der Waals surface area contributed by atoms with Gasteiger partial charge in [-0.15, -0.1) is 12.4 Å². The van der Waals surface area contributed by atoms with Crippen LogP contribution in [0.5, 0.6) is 5.75 Å². The summed E-state index contributed by atoms with van der Waals surface area (Å²) >= 11 is 0. The molecule has 1 aromatic carbocycles. The third-order valence-electron chi connectivity index (χ3n) is 4.02. The molecule has 2 N–H and O–H groups in total. The highest BCUT2D eigenvalue weighted by Gasteiger charge is 2.16. The molecule has 2 atom stereocenters. The molecular weight excluding hydrogens is 316 g/mol. The maximum absolute atomic E-state index is 12.0. The Hall–Kier alpha value is -1.30. The lowest BCUT2D eigenvalue weighted by atomic mass is 10.1. The molecule has 1 amide bonds. The number of ether oxygens (including phenoxy) is 2. The maximum Gasteiger partial charge on any atom is 0.248 e. The molecule has 1 fully saturated rings. The highest BCUT2D eigenvalue weighted by Crippen LogP contribution is 2.14. The van der Waals surface area contributed by atoms with Gasteiger partial charge < -0.3 is 20.1 Å². The molecule has 0 spiro atoms. The van der Waals surface area contributed by atoms with E-state index < -0.39 is 6.10 Å². The predicted molar refractivity (Wildman–Crippen MR) is 93.1 cm³/mol. The van der Waals surface area contributed by atoms with Crippen LogP contribution in [0.3, 0.4) is 0 Å². The van der Waals surface area contributed by atoms with E-state index in [2.05, 4.69) is 10.6 Å². The fraction of sp³-hybridized carbons (Fsp3) is 0.588. The van der Waals surface area contributed by atoms with Crippen molar-refractivity contribution in [2.45, 2.75) is 32.5 Å². The van der Waals surface area contributed by atoms with Crippen molar-refractivity contribution in [3.8, 4) is 5.75 Å². The molecule has 0 saturated carbocycles. The van der Waals surface area contributed by atoms with Crippen LogP contribution in [0.1, 0.15) is 25.3 Å². The number of benzene rings is 1. The molecular formula is C17H27ClN2O3. The van der Waals surface area contributed by atoms with Crippen molar-refractivity contribution in [2.75, 3.05) is 26.7 Å². The van der Waals surface area contributed by atoms with E-state index >= 15 is 0 Å². The van der Waals surface area contributed by atoms with Gasteiger partial charge in [0.25, 0.3) is 0 Å². The summed E-state index contributed by atoms with van der Waals surface area (Å²) in [6.45, 7) is 5.07. The summed E-state index contributed by atoms with van der Waals surface area (Å²) in [5.41, 5.74) is 0.996. The molecule has 1 saturated heterocycles. The first-order valence-corrected chi connectivity index (χ1v) is 7.92. The molecule has 0 bridgehead atoms. The zero-order chi connectivity index (χ0) is 15.8. The van der Waals surface area contributed by atoms with Crippen molar-refractivity contribution < 1.29 is 14.3 Å². The molecule has 1 heterocycles. The van der Waals surface area contributed by atoms with Crippen LogP contribution >= 0.6 is 12.4 Å². The molecule has 6 heteroatoms. The molecule has 1 aromatic rings. The number of amides is 1. The topological polar surface area (TPSA) is 59.6 Å². The number of carbonyl (C=O) groups excluding carboxylic acids is 1. The van der Waals surface area contributed by atoms with E-state index in [-0.39, 0.29) is 18.3 Å². The summed E-state index contributed by atoms with van der Waals surface area (Å²) in [5, 5.41) is 6.29. The van der Waals surface area contributed by atoms with Gasteiger partial charge in [0.2, 0.25) is 5.91 Å². The number of methoxy groups -OCH3 is 1. The van der Waals surface area contributed by atoms with E-state index in [1.165, 1.54) is 6.42 Å². The van der Waals surface area contributed by atoms with Gasteiger partial charge in [0, 0.05) is 6.54 Å². The van der Waals surface area contributed by atoms with Gasteiger partial charge in [0.15, 0.2) is 0 Å². The highest BCUT2D eigenvalue weighted by molar-refractivity contribution is 5.85. The van der Waals surface area contributed by atoms with Gasteiger partial charge in [-0.2, -0.15) is 0 Å². The SMILES string of the molecule is COc1cccc(COC(C)C(=O)NCCC2CCNC2)c1.Cl. The molecule has 0 radical (unpaired) electrons. The Labute approximate surface area is 144 Å². The number of hydrogen-bond donors (Lipinski definition) is 2. The number of hydrogen-bond acceptors (Lipinski definition) is 4. The lowest BCUT2D eigenvalue weighted by Gasteiger charge is -2.15. The lowest BCUT2D eigenvalue weighted by Crippen LogP contribution is -2.35. The van der Waals surface area contributed by atoms with Crippen LogP contribution in [0.4, 0.5) is 0 Å². The Balaban J connectivity index is 0.00000264. The van der Waals surface area contributed by atoms with E-state index in [1.807, 2.05) is 24.3 Å². The van der Waals surface area contributed by atoms with Crippen molar-refractivity contribution in [3.05, 3.63) is 29.8 Å². The van der Waals surface area contributed by atoms with Gasteiger partial charge in [0.05, 0.1) is 13.7 Å². The molecule has 1 aliphatic heterocycles. The summed E-state index contributed by atoms with van der Waals surface area (Å²) in [5.74, 6) is 1.44. The van der Waals surface area contributed by atoms with Crippen LogP contribution in [-0.4, -0.2) is 38.8 Å². The van der Waals surface area contributed by atoms with Gasteiger partial charge in [-0.25, -0.2) is 0 Å². The predicted octanol–water partition coefficient (Wildman–Crippen LogP) is 2.14. The van der Waals surface area contributed by atoms with Crippen LogP contribution in [-0.2, 0) is 16.1 Å². The second kappa shape index (κ2) is 10.5. The second-order valence-electron chi connectivity index (χ2n) is 5.74. The number of halogens is 1. The number of carbonyl (C=O) groups is 1. The first-order valence-electron chi connectivity index (χ1n) is 7.92. The minimum Gasteiger partial charge on any atom is -0.497 e. The maximum atomic E-state index is 12.0. The molecule has 2 unspecified atom stereocenters. The number of rotatable bonds is 8. The Kier molecular flexibility index (Phi) is 8.99. The Morgan fingerprint density at radius 3 is 3.00 bits per heavy atom. The molecule has 1 aliphatic rings. The molecule has 0 aliphatic carbocycles. The lowest BCUT2D eigenvalue weighted by molar-refractivity contribution is -0.132. The zero-order valence-electron chi connectivity index (χ0n) is 13.8. The highest BCUT2D eigenvalue weighted by atomic mass is 35.5. The molecule has 23 heavy (non-hydrogen) atoms. The first-order chi connectivity index (χ1) is 10.7. The smallest absolute Gasteiger partial charge is 0.248 e. The normalized spacial score (nSPS) is 18.1. The van der Waals surface area contributed by atoms with Crippen molar-refractivity contribution in [1.29, 1.82) is 0 Å². The summed E-state index contributed by atoms with van der Waals surface area (Å²) in [6.07, 6.45) is 1.78. The van der Waals surface area contributed by atoms with Crippen LogP contribution in [0, 0.1) is 5.92 Å². The van der Waals surface area contributed by atoms with Crippen molar-refractivity contribution >= 4 is 18.3 Å². The number of nitrogens with one attached hydrogen (secondary N) is 2. The van der Waals surface area contributed by atoms with Gasteiger partial charge >= 0.3 is 0 Å². The minimum atomic E-state index is -0.451. The third-order valence-corrected chi connectivity index (χ3v) is 4.02. The van der Waals surface area contributed by atoms with Crippen molar-refractivity contribution in [1.82, 2.24) is 10.6 Å². The van der Waals surface area contributed by atoms with Crippen LogP contribution in [0.15, 0.2) is 24.3 Å². The first kappa shape index (κ1) is 19.7. The van der Waals surface area contributed by atoms with E-state index in [1.54, 1.807) is 14.0 Å². The van der Waals surface area contributed by atoms with E-state index in [9.17, 15) is 4.79 Å². The standard InChI is InChI=1S/C17H26N2O3.ClH/c1-13(17(20)19-9-7-14-6-8-18-11-14)22-12-15-4-3-5-16(10-15)21-2;/h3-5,10,13-14,18H,6-9,11-12H2,1-2H3,(H,19,20);1H. The molecule has 0 aromatic heterocycles. The van der Waals surface area contributed by atoms with Gasteiger partial charge in [0.1, 0.15) is 11.9 Å². The van der Waals surface area contributed by atoms with E-state index in [4.69, 9.17) is 9.47 Å². The van der Waals surface area contributed by atoms with E-state index in [0.29, 0.717) is 12.5 Å². The fourth-order valence-electron chi connectivity index (χ4n) is 2.56. The largest absolute Gasteiger partial charge is 0.497 e. The summed E-state index contributed by atoms with van der Waals surface area (Å²) < 4.78 is 10.8. The summed E-state index contributed by atoms with van der Waals surface area (Å²) in [6, 6.07) is 7.67. The van der Waals surface area contributed by atoms with Gasteiger partial charge in [-0.3, -0.25) is 4.79 Å². The summed E-state index contributed by atoms with van der Waals surface area (Å²) in [4.78, 5) is 12.0. The third kappa shape index (κ3) is 6.77. The Morgan fingerprint density at radius 2 is 2.30 bits per heavy atom. The van der Waals surface area contributed by atoms with Crippen molar-refractivity contribution in [3.63, 3.8) is 0 Å². The molecule has 5 nitrogen and oxygen atoms in total. The van der Waals surface area contributed by atoms with Crippen LogP contribution in [0.25, 0.3) is 0 Å². The average Bonchev–Trinajstić information content (AvgIpc) is 3.06. The fourth-order valence-corrected chi connectivity index (χ4v) is 2.56. The van der Waals surface area contributed by atoms with Crippen LogP contribution < -0.4 is 15.4 Å². The monoisotopic (exact) mass is 342 g/mol. The average molecular weight is 343 g/mol. The quantitative estimate of drug-likeness (QED) is 0.760. The molecule has 2 rings (SSSR count). The Bertz CT molecular complexity index is 479. The van der Waals surface area contributed by atoms with Crippen LogP contribution in [0.2, 0.25) is 0 Å². The minimum absolute atomic E-state index is 0. The van der Waals surface area contributed by atoms with Crippen molar-refractivity contribution in [2.24, 2.45) is 5.92 Å². The van der Waals surface area contributed by atoms with E-state index in [0.717, 1.165) is 37.4 Å². The Morgan fingerprint density at radius 1 is 1.48 bits per heavy atom.